The smallest absolute Gasteiger partial charge is 0.265 e. The van der Waals surface area contributed by atoms with Crippen LogP contribution in [0.2, 0.25) is 0 Å². The van der Waals surface area contributed by atoms with Gasteiger partial charge in [-0.25, -0.2) is 9.67 Å². The van der Waals surface area contributed by atoms with Crippen LogP contribution in [0.15, 0.2) is 73.9 Å². The van der Waals surface area contributed by atoms with Gasteiger partial charge in [0, 0.05) is 12.7 Å². The van der Waals surface area contributed by atoms with Crippen LogP contribution in [0.4, 0.5) is 5.69 Å². The summed E-state index contributed by atoms with van der Waals surface area (Å²) in [5, 5.41) is 18.6. The molecule has 0 aliphatic heterocycles. The zero-order valence-electron chi connectivity index (χ0n) is 20.1. The third kappa shape index (κ3) is 8.51. The highest BCUT2D eigenvalue weighted by Crippen LogP contribution is 2.22. The molecule has 3 rings (SSSR count). The van der Waals surface area contributed by atoms with E-state index in [4.69, 9.17) is 0 Å². The van der Waals surface area contributed by atoms with Gasteiger partial charge in [-0.1, -0.05) is 32.6 Å². The molecular weight excluding hydrogens is 450 g/mol. The van der Waals surface area contributed by atoms with Crippen LogP contribution in [0.1, 0.15) is 45.7 Å². The third-order valence-corrected chi connectivity index (χ3v) is 5.13. The van der Waals surface area contributed by atoms with Crippen molar-refractivity contribution in [3.8, 4) is 5.75 Å². The van der Waals surface area contributed by atoms with Crippen molar-refractivity contribution in [1.29, 1.82) is 0 Å². The number of aromatic nitrogens is 3. The van der Waals surface area contributed by atoms with E-state index in [0.29, 0.717) is 15.4 Å². The van der Waals surface area contributed by atoms with Crippen LogP contribution in [-0.4, -0.2) is 38.7 Å². The first-order chi connectivity index (χ1) is 16.4. The molecule has 3 N–H and O–H groups in total. The summed E-state index contributed by atoms with van der Waals surface area (Å²) in [7, 11) is 1.54. The monoisotopic (exact) mass is 481 g/mol. The lowest BCUT2D eigenvalue weighted by Crippen LogP contribution is -2.16. The fourth-order valence-corrected chi connectivity index (χ4v) is 3.37. The van der Waals surface area contributed by atoms with E-state index in [1.807, 2.05) is 39.0 Å². The van der Waals surface area contributed by atoms with Crippen LogP contribution in [-0.2, 0) is 0 Å². The maximum absolute atomic E-state index is 12.1. The summed E-state index contributed by atoms with van der Waals surface area (Å²) in [5.74, 6) is -0.340. The van der Waals surface area contributed by atoms with Gasteiger partial charge in [0.05, 0.1) is 15.5 Å². The van der Waals surface area contributed by atoms with Gasteiger partial charge in [0.25, 0.3) is 11.8 Å². The van der Waals surface area contributed by atoms with E-state index in [9.17, 15) is 14.7 Å². The molecule has 3 aromatic rings. The van der Waals surface area contributed by atoms with Crippen molar-refractivity contribution in [1.82, 2.24) is 20.1 Å². The van der Waals surface area contributed by atoms with Gasteiger partial charge in [0.15, 0.2) is 0 Å². The zero-order chi connectivity index (χ0) is 25.5. The first-order valence-corrected chi connectivity index (χ1v) is 11.4. The highest BCUT2D eigenvalue weighted by atomic mass is 32.1. The fraction of sp³-hybridized carbons (Fsp3) is 0.200. The number of nitrogens with zero attached hydrogens (tertiary/aromatic N) is 3. The number of amides is 2. The second-order valence-corrected chi connectivity index (χ2v) is 7.45. The number of nitrogens with one attached hydrogen (secondary N) is 2. The molecule has 0 aliphatic rings. The molecule has 0 saturated carbocycles. The van der Waals surface area contributed by atoms with Crippen LogP contribution in [0.5, 0.6) is 5.75 Å². The minimum Gasteiger partial charge on any atom is -0.508 e. The molecule has 2 heterocycles. The first-order valence-electron chi connectivity index (χ1n) is 10.6. The first kappa shape index (κ1) is 28.1. The summed E-state index contributed by atoms with van der Waals surface area (Å²) in [6.07, 6.45) is 10.6. The number of aromatic hydroxyl groups is 1. The fourth-order valence-electron chi connectivity index (χ4n) is 2.52. The van der Waals surface area contributed by atoms with E-state index in [2.05, 4.69) is 27.3 Å². The molecule has 0 fully saturated rings. The van der Waals surface area contributed by atoms with Crippen molar-refractivity contribution in [3.63, 3.8) is 0 Å². The molecule has 0 bridgehead atoms. The van der Waals surface area contributed by atoms with Crippen molar-refractivity contribution in [3.05, 3.63) is 89.2 Å². The molecule has 0 unspecified atom stereocenters. The van der Waals surface area contributed by atoms with Gasteiger partial charge < -0.3 is 15.7 Å². The SMILES string of the molecule is C=C/C=C(\C=C/C)n1cncn1.CC.CNC(=O)c1ccc(C(=O)Nc2ccc(O)cc2C)s1. The van der Waals surface area contributed by atoms with E-state index in [-0.39, 0.29) is 17.6 Å². The van der Waals surface area contributed by atoms with Crippen LogP contribution in [0.3, 0.4) is 0 Å². The van der Waals surface area contributed by atoms with Crippen molar-refractivity contribution < 1.29 is 14.7 Å². The molecular formula is C25H31N5O3S. The summed E-state index contributed by atoms with van der Waals surface area (Å²) in [6, 6.07) is 7.94. The summed E-state index contributed by atoms with van der Waals surface area (Å²) < 4.78 is 1.68. The maximum atomic E-state index is 12.1. The molecule has 0 spiro atoms. The Morgan fingerprint density at radius 3 is 2.35 bits per heavy atom. The minimum atomic E-state index is -0.279. The van der Waals surface area contributed by atoms with Crippen LogP contribution < -0.4 is 10.6 Å². The second-order valence-electron chi connectivity index (χ2n) is 6.36. The summed E-state index contributed by atoms with van der Waals surface area (Å²) in [6.45, 7) is 11.4. The average Bonchev–Trinajstić information content (AvgIpc) is 3.55. The number of rotatable bonds is 6. The normalized spacial score (nSPS) is 10.4. The van der Waals surface area contributed by atoms with Crippen molar-refractivity contribution in [2.24, 2.45) is 0 Å². The topological polar surface area (TPSA) is 109 Å². The number of thiophene rings is 1. The number of allylic oxidation sites excluding steroid dienone is 5. The molecule has 0 saturated heterocycles. The number of carbonyl (C=O) groups excluding carboxylic acids is 2. The Labute approximate surface area is 204 Å². The Hall–Kier alpha value is -3.98. The van der Waals surface area contributed by atoms with Gasteiger partial charge in [-0.05, 0) is 61.9 Å². The molecule has 2 aromatic heterocycles. The van der Waals surface area contributed by atoms with Gasteiger partial charge >= 0.3 is 0 Å². The lowest BCUT2D eigenvalue weighted by atomic mass is 10.2. The Morgan fingerprint density at radius 1 is 1.15 bits per heavy atom. The summed E-state index contributed by atoms with van der Waals surface area (Å²) in [4.78, 5) is 28.3. The molecule has 0 atom stereocenters. The minimum absolute atomic E-state index is 0.151. The van der Waals surface area contributed by atoms with E-state index in [0.717, 1.165) is 22.6 Å². The number of anilines is 1. The van der Waals surface area contributed by atoms with Crippen LogP contribution >= 0.6 is 11.3 Å². The molecule has 180 valence electrons. The van der Waals surface area contributed by atoms with Gasteiger partial charge in [-0.15, -0.1) is 11.3 Å². The molecule has 1 aromatic carbocycles. The Balaban J connectivity index is 0.000000353. The predicted molar refractivity (Wildman–Crippen MR) is 139 cm³/mol. The highest BCUT2D eigenvalue weighted by molar-refractivity contribution is 7.16. The van der Waals surface area contributed by atoms with Crippen molar-refractivity contribution >= 4 is 34.5 Å². The number of hydrogen-bond donors (Lipinski definition) is 3. The van der Waals surface area contributed by atoms with E-state index < -0.39 is 0 Å². The number of benzene rings is 1. The van der Waals surface area contributed by atoms with Crippen LogP contribution in [0.25, 0.3) is 5.70 Å². The average molecular weight is 482 g/mol. The molecule has 0 radical (unpaired) electrons. The lowest BCUT2D eigenvalue weighted by molar-refractivity contribution is 0.0966. The van der Waals surface area contributed by atoms with E-state index >= 15 is 0 Å². The van der Waals surface area contributed by atoms with Gasteiger partial charge in [0.1, 0.15) is 18.4 Å². The molecule has 0 aliphatic carbocycles. The number of carbonyl (C=O) groups is 2. The summed E-state index contributed by atoms with van der Waals surface area (Å²) >= 11 is 1.13. The molecule has 2 amide bonds. The predicted octanol–water partition coefficient (Wildman–Crippen LogP) is 5.28. The molecule has 8 nitrogen and oxygen atoms in total. The number of aryl methyl sites for hydroxylation is 1. The zero-order valence-corrected chi connectivity index (χ0v) is 20.9. The molecule has 9 heteroatoms. The van der Waals surface area contributed by atoms with E-state index in [1.165, 1.54) is 12.4 Å². The molecule has 34 heavy (non-hydrogen) atoms. The number of phenolic OH excluding ortho intramolecular Hbond substituents is 1. The Kier molecular flexibility index (Phi) is 12.3. The summed E-state index contributed by atoms with van der Waals surface area (Å²) in [5.41, 5.74) is 2.34. The van der Waals surface area contributed by atoms with E-state index in [1.54, 1.807) is 55.3 Å². The van der Waals surface area contributed by atoms with Crippen LogP contribution in [0, 0.1) is 6.92 Å². The quantitative estimate of drug-likeness (QED) is 0.328. The van der Waals surface area contributed by atoms with Gasteiger partial charge in [-0.2, -0.15) is 5.10 Å². The van der Waals surface area contributed by atoms with Crippen molar-refractivity contribution in [2.75, 3.05) is 12.4 Å². The maximum Gasteiger partial charge on any atom is 0.265 e. The highest BCUT2D eigenvalue weighted by Gasteiger charge is 2.13. The second kappa shape index (κ2) is 15.0. The van der Waals surface area contributed by atoms with Gasteiger partial charge in [-0.3, -0.25) is 9.59 Å². The van der Waals surface area contributed by atoms with Crippen molar-refractivity contribution in [2.45, 2.75) is 27.7 Å². The lowest BCUT2D eigenvalue weighted by Gasteiger charge is -2.07. The largest absolute Gasteiger partial charge is 0.508 e. The Bertz CT molecular complexity index is 1130. The number of hydrogen-bond acceptors (Lipinski definition) is 6. The standard InChI is InChI=1S/C14H14N2O3S.C9H11N3.C2H6/c1-8-7-9(17)3-4-10(8)16-14(19)12-6-5-11(20-12)13(18)15-2;1-3-5-9(6-4-2)12-8-10-7-11-12;1-2/h3-7,17H,1-2H3,(H,15,18)(H,16,19);3-8H,1H2,2H3;1-2H3/b;6-4-,9-5+;. The van der Waals surface area contributed by atoms with Gasteiger partial charge in [0.2, 0.25) is 0 Å². The number of phenols is 1. The third-order valence-electron chi connectivity index (χ3n) is 4.05. The Morgan fingerprint density at radius 2 is 1.82 bits per heavy atom.